The predicted octanol–water partition coefficient (Wildman–Crippen LogP) is 1.41. The number of Topliss-reactive ketones (excluding diaryl/α,β-unsaturated/α-hetero) is 1. The Balaban J connectivity index is 2.90. The number of anilines is 1. The maximum absolute atomic E-state index is 11.3. The Kier molecular flexibility index (Phi) is 3.03. The highest BCUT2D eigenvalue weighted by molar-refractivity contribution is 5.97. The second kappa shape index (κ2) is 4.05. The lowest BCUT2D eigenvalue weighted by atomic mass is 10.1. The Morgan fingerprint density at radius 2 is 2.23 bits per heavy atom. The normalized spacial score (nSPS) is 10.0. The van der Waals surface area contributed by atoms with Gasteiger partial charge in [-0.3, -0.25) is 4.79 Å². The number of carbonyl (C=O) groups is 1. The molecule has 0 saturated heterocycles. The highest BCUT2D eigenvalue weighted by atomic mass is 16.5. The van der Waals surface area contributed by atoms with Crippen LogP contribution in [0, 0.1) is 6.92 Å². The number of ether oxygens (including phenoxy) is 1. The molecule has 3 nitrogen and oxygen atoms in total. The first-order chi connectivity index (χ1) is 6.15. The molecule has 2 N–H and O–H groups in total. The molecule has 0 heterocycles. The van der Waals surface area contributed by atoms with E-state index >= 15 is 0 Å². The lowest BCUT2D eigenvalue weighted by Gasteiger charge is -2.03. The smallest absolute Gasteiger partial charge is 0.188 e. The molecule has 0 amide bonds. The van der Waals surface area contributed by atoms with Gasteiger partial charge < -0.3 is 10.5 Å². The van der Waals surface area contributed by atoms with Crippen LogP contribution in [0.25, 0.3) is 0 Å². The summed E-state index contributed by atoms with van der Waals surface area (Å²) in [4.78, 5) is 11.3. The maximum Gasteiger partial charge on any atom is 0.188 e. The Hall–Kier alpha value is -1.35. The van der Waals surface area contributed by atoms with Crippen LogP contribution in [0.5, 0.6) is 0 Å². The number of hydrogen-bond acceptors (Lipinski definition) is 3. The molecule has 0 aromatic heterocycles. The van der Waals surface area contributed by atoms with E-state index < -0.39 is 0 Å². The largest absolute Gasteiger partial charge is 0.399 e. The molecule has 1 aromatic rings. The first-order valence-corrected chi connectivity index (χ1v) is 4.03. The highest BCUT2D eigenvalue weighted by Gasteiger charge is 2.05. The van der Waals surface area contributed by atoms with Gasteiger partial charge in [-0.05, 0) is 30.7 Å². The van der Waals surface area contributed by atoms with Crippen LogP contribution in [0.3, 0.4) is 0 Å². The second-order valence-corrected chi connectivity index (χ2v) is 2.93. The fourth-order valence-electron chi connectivity index (χ4n) is 1.06. The molecule has 13 heavy (non-hydrogen) atoms. The van der Waals surface area contributed by atoms with Crippen molar-refractivity contribution in [3.63, 3.8) is 0 Å². The third-order valence-electron chi connectivity index (χ3n) is 1.87. The van der Waals surface area contributed by atoms with Crippen molar-refractivity contribution in [3.05, 3.63) is 29.3 Å². The summed E-state index contributed by atoms with van der Waals surface area (Å²) in [5, 5.41) is 0. The van der Waals surface area contributed by atoms with Gasteiger partial charge in [0, 0.05) is 18.4 Å². The minimum absolute atomic E-state index is 0.0226. The molecule has 0 aliphatic heterocycles. The molecule has 0 unspecified atom stereocenters. The molecule has 70 valence electrons. The Labute approximate surface area is 77.5 Å². The van der Waals surface area contributed by atoms with E-state index in [-0.39, 0.29) is 12.4 Å². The summed E-state index contributed by atoms with van der Waals surface area (Å²) in [6.07, 6.45) is 0. The van der Waals surface area contributed by atoms with Crippen LogP contribution in [0.2, 0.25) is 0 Å². The third kappa shape index (κ3) is 2.29. The number of methoxy groups -OCH3 is 1. The number of nitrogen functional groups attached to an aromatic ring is 1. The number of rotatable bonds is 3. The molecule has 0 saturated carbocycles. The van der Waals surface area contributed by atoms with Crippen molar-refractivity contribution >= 4 is 11.5 Å². The third-order valence-corrected chi connectivity index (χ3v) is 1.87. The van der Waals surface area contributed by atoms with Crippen molar-refractivity contribution in [1.29, 1.82) is 0 Å². The highest BCUT2D eigenvalue weighted by Crippen LogP contribution is 2.12. The number of hydrogen-bond donors (Lipinski definition) is 1. The van der Waals surface area contributed by atoms with E-state index in [0.29, 0.717) is 11.3 Å². The summed E-state index contributed by atoms with van der Waals surface area (Å²) in [6.45, 7) is 1.99. The standard InChI is InChI=1S/C10H13NO2/c1-7-5-8(3-4-9(7)11)10(12)6-13-2/h3-5H,6,11H2,1-2H3. The molecule has 0 aliphatic rings. The van der Waals surface area contributed by atoms with Gasteiger partial charge in [0.1, 0.15) is 6.61 Å². The van der Waals surface area contributed by atoms with Gasteiger partial charge in [0.05, 0.1) is 0 Å². The van der Waals surface area contributed by atoms with Crippen LogP contribution >= 0.6 is 0 Å². The van der Waals surface area contributed by atoms with Gasteiger partial charge in [0.25, 0.3) is 0 Å². The molecule has 1 rings (SSSR count). The average molecular weight is 179 g/mol. The minimum atomic E-state index is -0.0226. The topological polar surface area (TPSA) is 52.3 Å². The van der Waals surface area contributed by atoms with E-state index in [1.54, 1.807) is 18.2 Å². The summed E-state index contributed by atoms with van der Waals surface area (Å²) >= 11 is 0. The number of ketones is 1. The summed E-state index contributed by atoms with van der Waals surface area (Å²) in [6, 6.07) is 5.22. The molecule has 0 fully saturated rings. The Bertz CT molecular complexity index is 321. The van der Waals surface area contributed by atoms with Crippen LogP contribution in [0.15, 0.2) is 18.2 Å². The quantitative estimate of drug-likeness (QED) is 0.563. The SMILES string of the molecule is COCC(=O)c1ccc(N)c(C)c1. The van der Waals surface area contributed by atoms with Gasteiger partial charge in [0.15, 0.2) is 5.78 Å². The van der Waals surface area contributed by atoms with Gasteiger partial charge in [-0.1, -0.05) is 0 Å². The van der Waals surface area contributed by atoms with Crippen molar-refractivity contribution in [1.82, 2.24) is 0 Å². The molecular weight excluding hydrogens is 166 g/mol. The van der Waals surface area contributed by atoms with Crippen LogP contribution in [0.1, 0.15) is 15.9 Å². The zero-order valence-corrected chi connectivity index (χ0v) is 7.83. The predicted molar refractivity (Wildman–Crippen MR) is 51.8 cm³/mol. The molecule has 1 aromatic carbocycles. The first kappa shape index (κ1) is 9.74. The molecule has 3 heteroatoms. The fourth-order valence-corrected chi connectivity index (χ4v) is 1.06. The summed E-state index contributed by atoms with van der Waals surface area (Å²) in [5.74, 6) is -0.0226. The molecule has 0 aliphatic carbocycles. The number of nitrogens with two attached hydrogens (primary N) is 1. The monoisotopic (exact) mass is 179 g/mol. The lowest BCUT2D eigenvalue weighted by Crippen LogP contribution is -2.07. The van der Waals surface area contributed by atoms with E-state index in [1.165, 1.54) is 7.11 Å². The molecule has 0 atom stereocenters. The summed E-state index contributed by atoms with van der Waals surface area (Å²) in [7, 11) is 1.50. The fraction of sp³-hybridized carbons (Fsp3) is 0.300. The molecular formula is C10H13NO2. The van der Waals surface area contributed by atoms with Gasteiger partial charge in [-0.25, -0.2) is 0 Å². The van der Waals surface area contributed by atoms with Crippen molar-refractivity contribution in [2.75, 3.05) is 19.5 Å². The number of aryl methyl sites for hydroxylation is 1. The Morgan fingerprint density at radius 1 is 1.54 bits per heavy atom. The van der Waals surface area contributed by atoms with Crippen LogP contribution in [0.4, 0.5) is 5.69 Å². The van der Waals surface area contributed by atoms with E-state index in [1.807, 2.05) is 6.92 Å². The van der Waals surface area contributed by atoms with Gasteiger partial charge >= 0.3 is 0 Å². The van der Waals surface area contributed by atoms with Crippen LogP contribution < -0.4 is 5.73 Å². The van der Waals surface area contributed by atoms with Gasteiger partial charge in [-0.15, -0.1) is 0 Å². The van der Waals surface area contributed by atoms with Crippen molar-refractivity contribution in [2.24, 2.45) is 0 Å². The van der Waals surface area contributed by atoms with Crippen molar-refractivity contribution in [3.8, 4) is 0 Å². The Morgan fingerprint density at radius 3 is 2.77 bits per heavy atom. The first-order valence-electron chi connectivity index (χ1n) is 4.03. The molecule has 0 spiro atoms. The van der Waals surface area contributed by atoms with Crippen LogP contribution in [-0.2, 0) is 4.74 Å². The van der Waals surface area contributed by atoms with Crippen LogP contribution in [-0.4, -0.2) is 19.5 Å². The maximum atomic E-state index is 11.3. The van der Waals surface area contributed by atoms with Crippen molar-refractivity contribution < 1.29 is 9.53 Å². The zero-order chi connectivity index (χ0) is 9.84. The number of carbonyl (C=O) groups excluding carboxylic acids is 1. The van der Waals surface area contributed by atoms with E-state index in [4.69, 9.17) is 10.5 Å². The second-order valence-electron chi connectivity index (χ2n) is 2.93. The summed E-state index contributed by atoms with van der Waals surface area (Å²) < 4.78 is 4.75. The van der Waals surface area contributed by atoms with E-state index in [0.717, 1.165) is 5.56 Å². The zero-order valence-electron chi connectivity index (χ0n) is 7.83. The van der Waals surface area contributed by atoms with E-state index in [9.17, 15) is 4.79 Å². The van der Waals surface area contributed by atoms with Gasteiger partial charge in [0.2, 0.25) is 0 Å². The minimum Gasteiger partial charge on any atom is -0.399 e. The molecule has 0 radical (unpaired) electrons. The molecule has 0 bridgehead atoms. The lowest BCUT2D eigenvalue weighted by molar-refractivity contribution is 0.0848. The average Bonchev–Trinajstić information content (AvgIpc) is 2.10. The number of benzene rings is 1. The van der Waals surface area contributed by atoms with E-state index in [2.05, 4.69) is 0 Å². The van der Waals surface area contributed by atoms with Crippen molar-refractivity contribution in [2.45, 2.75) is 6.92 Å². The van der Waals surface area contributed by atoms with Gasteiger partial charge in [-0.2, -0.15) is 0 Å². The summed E-state index contributed by atoms with van der Waals surface area (Å²) in [5.41, 5.74) is 7.89.